The summed E-state index contributed by atoms with van der Waals surface area (Å²) < 4.78 is 0. The smallest absolute Gasteiger partial charge is 0.260 e. The maximum Gasteiger partial charge on any atom is 0.260 e. The Morgan fingerprint density at radius 3 is 2.81 bits per heavy atom. The summed E-state index contributed by atoms with van der Waals surface area (Å²) in [7, 11) is 1.76. The molecule has 0 spiro atoms. The molecular weight excluding hydrogens is 204 g/mol. The van der Waals surface area contributed by atoms with E-state index >= 15 is 0 Å². The fourth-order valence-electron chi connectivity index (χ4n) is 1.86. The third kappa shape index (κ3) is 2.01. The molecule has 0 bridgehead atoms. The van der Waals surface area contributed by atoms with Gasteiger partial charge in [0.25, 0.3) is 11.5 Å². The van der Waals surface area contributed by atoms with Gasteiger partial charge in [-0.15, -0.1) is 0 Å². The van der Waals surface area contributed by atoms with Gasteiger partial charge in [-0.2, -0.15) is 0 Å². The summed E-state index contributed by atoms with van der Waals surface area (Å²) in [6, 6.07) is 3.45. The van der Waals surface area contributed by atoms with Gasteiger partial charge in [-0.25, -0.2) is 0 Å². The molecule has 4 heteroatoms. The highest BCUT2D eigenvalue weighted by molar-refractivity contribution is 5.93. The lowest BCUT2D eigenvalue weighted by Crippen LogP contribution is -2.38. The second kappa shape index (κ2) is 4.12. The van der Waals surface area contributed by atoms with Gasteiger partial charge in [-0.1, -0.05) is 0 Å². The van der Waals surface area contributed by atoms with E-state index in [0.29, 0.717) is 5.92 Å². The number of carbonyl (C=O) groups is 1. The Kier molecular flexibility index (Phi) is 2.81. The summed E-state index contributed by atoms with van der Waals surface area (Å²) in [5.74, 6) is 0.415. The first kappa shape index (κ1) is 10.9. The predicted octanol–water partition coefficient (Wildman–Crippen LogP) is 1.25. The fourth-order valence-corrected chi connectivity index (χ4v) is 1.86. The van der Waals surface area contributed by atoms with E-state index in [0.717, 1.165) is 0 Å². The molecule has 1 aliphatic rings. The molecule has 0 aromatic carbocycles. The number of amides is 1. The van der Waals surface area contributed by atoms with Crippen LogP contribution in [-0.2, 0) is 0 Å². The van der Waals surface area contributed by atoms with Crippen molar-refractivity contribution in [3.8, 4) is 0 Å². The standard InChI is InChI=1S/C12H16N2O2/c1-8(9-5-6-9)14(2)12(16)10-4-3-7-13-11(10)15/h3-4,7-9H,5-6H2,1-2H3,(H,13,15). The first-order valence-corrected chi connectivity index (χ1v) is 5.56. The highest BCUT2D eigenvalue weighted by atomic mass is 16.2. The van der Waals surface area contributed by atoms with Crippen LogP contribution in [0.4, 0.5) is 0 Å². The number of hydrogen-bond acceptors (Lipinski definition) is 2. The number of aromatic amines is 1. The normalized spacial score (nSPS) is 16.9. The highest BCUT2D eigenvalue weighted by Crippen LogP contribution is 2.34. The average Bonchev–Trinajstić information content (AvgIpc) is 3.11. The number of H-pyrrole nitrogens is 1. The monoisotopic (exact) mass is 220 g/mol. The van der Waals surface area contributed by atoms with E-state index in [9.17, 15) is 9.59 Å². The van der Waals surface area contributed by atoms with Gasteiger partial charge in [0.05, 0.1) is 0 Å². The van der Waals surface area contributed by atoms with Crippen LogP contribution >= 0.6 is 0 Å². The predicted molar refractivity (Wildman–Crippen MR) is 61.3 cm³/mol. The largest absolute Gasteiger partial charge is 0.339 e. The molecule has 16 heavy (non-hydrogen) atoms. The summed E-state index contributed by atoms with van der Waals surface area (Å²) in [6.45, 7) is 2.03. The molecule has 0 aliphatic heterocycles. The van der Waals surface area contributed by atoms with Crippen molar-refractivity contribution in [3.05, 3.63) is 34.2 Å². The molecule has 4 nitrogen and oxygen atoms in total. The van der Waals surface area contributed by atoms with E-state index in [1.165, 1.54) is 19.0 Å². The van der Waals surface area contributed by atoms with Gasteiger partial charge in [-0.3, -0.25) is 9.59 Å². The Morgan fingerprint density at radius 2 is 2.25 bits per heavy atom. The molecule has 1 saturated carbocycles. The molecule has 0 saturated heterocycles. The highest BCUT2D eigenvalue weighted by Gasteiger charge is 2.33. The Balaban J connectivity index is 2.18. The lowest BCUT2D eigenvalue weighted by Gasteiger charge is -2.24. The van der Waals surface area contributed by atoms with Crippen molar-refractivity contribution in [2.24, 2.45) is 5.92 Å². The number of pyridine rings is 1. The second-order valence-corrected chi connectivity index (χ2v) is 4.41. The minimum Gasteiger partial charge on any atom is -0.339 e. The number of nitrogens with zero attached hydrogens (tertiary/aromatic N) is 1. The molecule has 1 aromatic rings. The average molecular weight is 220 g/mol. The van der Waals surface area contributed by atoms with Crippen LogP contribution < -0.4 is 5.56 Å². The first-order chi connectivity index (χ1) is 7.61. The van der Waals surface area contributed by atoms with E-state index < -0.39 is 0 Å². The van der Waals surface area contributed by atoms with Crippen molar-refractivity contribution in [2.75, 3.05) is 7.05 Å². The van der Waals surface area contributed by atoms with Gasteiger partial charge in [0.2, 0.25) is 0 Å². The van der Waals surface area contributed by atoms with Crippen LogP contribution in [0.15, 0.2) is 23.1 Å². The number of nitrogens with one attached hydrogen (secondary N) is 1. The molecule has 1 aromatic heterocycles. The fraction of sp³-hybridized carbons (Fsp3) is 0.500. The van der Waals surface area contributed by atoms with E-state index in [1.54, 1.807) is 24.1 Å². The van der Waals surface area contributed by atoms with Crippen molar-refractivity contribution < 1.29 is 4.79 Å². The van der Waals surface area contributed by atoms with E-state index in [1.807, 2.05) is 6.92 Å². The van der Waals surface area contributed by atoms with Crippen LogP contribution in [0.2, 0.25) is 0 Å². The SMILES string of the molecule is CC(C1CC1)N(C)C(=O)c1ccc[nH]c1=O. The summed E-state index contributed by atoms with van der Waals surface area (Å²) >= 11 is 0. The zero-order chi connectivity index (χ0) is 11.7. The van der Waals surface area contributed by atoms with Crippen LogP contribution in [-0.4, -0.2) is 28.9 Å². The summed E-state index contributed by atoms with van der Waals surface area (Å²) in [6.07, 6.45) is 3.90. The topological polar surface area (TPSA) is 53.2 Å². The van der Waals surface area contributed by atoms with Crippen LogP contribution in [0, 0.1) is 5.92 Å². The summed E-state index contributed by atoms with van der Waals surface area (Å²) in [4.78, 5) is 27.7. The van der Waals surface area contributed by atoms with Gasteiger partial charge >= 0.3 is 0 Å². The van der Waals surface area contributed by atoms with Crippen LogP contribution in [0.1, 0.15) is 30.1 Å². The molecule has 1 N–H and O–H groups in total. The molecule has 0 radical (unpaired) electrons. The quantitative estimate of drug-likeness (QED) is 0.833. The van der Waals surface area contributed by atoms with E-state index in [-0.39, 0.29) is 23.1 Å². The lowest BCUT2D eigenvalue weighted by molar-refractivity contribution is 0.0725. The van der Waals surface area contributed by atoms with E-state index in [4.69, 9.17) is 0 Å². The Bertz CT molecular complexity index is 448. The van der Waals surface area contributed by atoms with Crippen molar-refractivity contribution in [2.45, 2.75) is 25.8 Å². The minimum atomic E-state index is -0.317. The molecule has 2 rings (SSSR count). The van der Waals surface area contributed by atoms with Gasteiger partial charge in [0, 0.05) is 19.3 Å². The Labute approximate surface area is 94.3 Å². The van der Waals surface area contributed by atoms with Gasteiger partial charge in [-0.05, 0) is 37.8 Å². The Hall–Kier alpha value is -1.58. The maximum atomic E-state index is 12.0. The molecule has 1 heterocycles. The lowest BCUT2D eigenvalue weighted by atomic mass is 10.1. The second-order valence-electron chi connectivity index (χ2n) is 4.41. The van der Waals surface area contributed by atoms with E-state index in [2.05, 4.69) is 4.98 Å². The van der Waals surface area contributed by atoms with Crippen molar-refractivity contribution in [3.63, 3.8) is 0 Å². The number of carbonyl (C=O) groups excluding carboxylic acids is 1. The third-order valence-corrected chi connectivity index (χ3v) is 3.28. The zero-order valence-corrected chi connectivity index (χ0v) is 9.56. The van der Waals surface area contributed by atoms with Gasteiger partial charge in [0.1, 0.15) is 5.56 Å². The number of hydrogen-bond donors (Lipinski definition) is 1. The summed E-state index contributed by atoms with van der Waals surface area (Å²) in [5.41, 5.74) is -0.0974. The molecule has 1 atom stereocenters. The third-order valence-electron chi connectivity index (χ3n) is 3.28. The molecule has 86 valence electrons. The van der Waals surface area contributed by atoms with Crippen LogP contribution in [0.5, 0.6) is 0 Å². The first-order valence-electron chi connectivity index (χ1n) is 5.56. The molecule has 1 fully saturated rings. The van der Waals surface area contributed by atoms with Crippen LogP contribution in [0.3, 0.4) is 0 Å². The van der Waals surface area contributed by atoms with Crippen molar-refractivity contribution in [1.82, 2.24) is 9.88 Å². The van der Waals surface area contributed by atoms with Gasteiger partial charge in [0.15, 0.2) is 0 Å². The number of aromatic nitrogens is 1. The van der Waals surface area contributed by atoms with Crippen molar-refractivity contribution >= 4 is 5.91 Å². The summed E-state index contributed by atoms with van der Waals surface area (Å²) in [5, 5.41) is 0. The number of rotatable bonds is 3. The molecule has 1 aliphatic carbocycles. The molecule has 1 unspecified atom stereocenters. The maximum absolute atomic E-state index is 12.0. The zero-order valence-electron chi connectivity index (χ0n) is 9.56. The molecular formula is C12H16N2O2. The van der Waals surface area contributed by atoms with Gasteiger partial charge < -0.3 is 9.88 Å². The van der Waals surface area contributed by atoms with Crippen molar-refractivity contribution in [1.29, 1.82) is 0 Å². The minimum absolute atomic E-state index is 0.193. The van der Waals surface area contributed by atoms with Crippen LogP contribution in [0.25, 0.3) is 0 Å². The molecule has 1 amide bonds. The Morgan fingerprint density at radius 1 is 1.56 bits per heavy atom.